The van der Waals surface area contributed by atoms with Gasteiger partial charge in [0.1, 0.15) is 10.4 Å². The van der Waals surface area contributed by atoms with Gasteiger partial charge in [-0.3, -0.25) is 4.79 Å². The van der Waals surface area contributed by atoms with Gasteiger partial charge in [0.05, 0.1) is 0 Å². The SMILES string of the molecule is Cc1ccc2cccc(OS(=O)(=O)c3ccc(N4CCCC4=O)cc3)c2n1. The Bertz CT molecular complexity index is 1120. The number of carbonyl (C=O) groups excluding carboxylic acids is 1. The number of amides is 1. The molecule has 6 nitrogen and oxygen atoms in total. The van der Waals surface area contributed by atoms with Crippen LogP contribution in [-0.4, -0.2) is 25.9 Å². The van der Waals surface area contributed by atoms with E-state index in [4.69, 9.17) is 4.18 Å². The Morgan fingerprint density at radius 3 is 2.52 bits per heavy atom. The first-order chi connectivity index (χ1) is 12.9. The van der Waals surface area contributed by atoms with E-state index in [0.717, 1.165) is 17.5 Å². The molecule has 0 unspecified atom stereocenters. The van der Waals surface area contributed by atoms with Crippen LogP contribution < -0.4 is 9.08 Å². The maximum atomic E-state index is 12.7. The molecule has 138 valence electrons. The molecular weight excluding hydrogens is 364 g/mol. The predicted molar refractivity (Wildman–Crippen MR) is 102 cm³/mol. The lowest BCUT2D eigenvalue weighted by atomic mass is 10.2. The molecule has 0 atom stereocenters. The fourth-order valence-electron chi connectivity index (χ4n) is 3.16. The first kappa shape index (κ1) is 17.5. The van der Waals surface area contributed by atoms with Crippen molar-refractivity contribution in [1.29, 1.82) is 0 Å². The molecule has 0 spiro atoms. The maximum absolute atomic E-state index is 12.7. The maximum Gasteiger partial charge on any atom is 0.339 e. The third kappa shape index (κ3) is 3.38. The molecule has 2 heterocycles. The molecular formula is C20H18N2O4S. The van der Waals surface area contributed by atoms with Gasteiger partial charge in [-0.2, -0.15) is 8.42 Å². The van der Waals surface area contributed by atoms with Crippen LogP contribution in [0.3, 0.4) is 0 Å². The molecule has 1 aliphatic rings. The van der Waals surface area contributed by atoms with E-state index in [2.05, 4.69) is 4.98 Å². The van der Waals surface area contributed by atoms with Gasteiger partial charge in [0.25, 0.3) is 0 Å². The summed E-state index contributed by atoms with van der Waals surface area (Å²) < 4.78 is 30.8. The molecule has 0 radical (unpaired) electrons. The summed E-state index contributed by atoms with van der Waals surface area (Å²) in [6.07, 6.45) is 1.34. The van der Waals surface area contributed by atoms with Crippen LogP contribution in [0.1, 0.15) is 18.5 Å². The average Bonchev–Trinajstić information content (AvgIpc) is 3.08. The third-order valence-electron chi connectivity index (χ3n) is 4.53. The van der Waals surface area contributed by atoms with Crippen molar-refractivity contribution in [3.63, 3.8) is 0 Å². The minimum atomic E-state index is -4.01. The fraction of sp³-hybridized carbons (Fsp3) is 0.200. The van der Waals surface area contributed by atoms with Gasteiger partial charge in [0.15, 0.2) is 5.75 Å². The number of benzene rings is 2. The fourth-order valence-corrected chi connectivity index (χ4v) is 4.10. The second-order valence-corrected chi connectivity index (χ2v) is 8.01. The Balaban J connectivity index is 1.64. The van der Waals surface area contributed by atoms with Crippen molar-refractivity contribution in [2.24, 2.45) is 0 Å². The summed E-state index contributed by atoms with van der Waals surface area (Å²) in [7, 11) is -4.01. The first-order valence-electron chi connectivity index (χ1n) is 8.65. The Morgan fingerprint density at radius 1 is 1.04 bits per heavy atom. The zero-order valence-corrected chi connectivity index (χ0v) is 15.6. The van der Waals surface area contributed by atoms with Crippen LogP contribution in [0.5, 0.6) is 5.75 Å². The summed E-state index contributed by atoms with van der Waals surface area (Å²) in [5.41, 5.74) is 1.97. The van der Waals surface area contributed by atoms with E-state index >= 15 is 0 Å². The van der Waals surface area contributed by atoms with Gasteiger partial charge in [-0.15, -0.1) is 0 Å². The Kier molecular flexibility index (Phi) is 4.31. The summed E-state index contributed by atoms with van der Waals surface area (Å²) in [6.45, 7) is 2.49. The standard InChI is InChI=1S/C20H18N2O4S/c1-14-7-8-15-4-2-5-18(20(15)21-14)26-27(24,25)17-11-9-16(10-12-17)22-13-3-6-19(22)23/h2,4-5,7-12H,3,6,13H2,1H3. The number of rotatable bonds is 4. The quantitative estimate of drug-likeness (QED) is 0.646. The Morgan fingerprint density at radius 2 is 1.81 bits per heavy atom. The van der Waals surface area contributed by atoms with E-state index < -0.39 is 10.1 Å². The molecule has 0 bridgehead atoms. The molecule has 1 fully saturated rings. The summed E-state index contributed by atoms with van der Waals surface area (Å²) in [4.78, 5) is 17.9. The van der Waals surface area contributed by atoms with E-state index in [1.54, 1.807) is 29.2 Å². The molecule has 1 aromatic heterocycles. The van der Waals surface area contributed by atoms with E-state index in [9.17, 15) is 13.2 Å². The Labute approximate surface area is 157 Å². The molecule has 1 saturated heterocycles. The second kappa shape index (κ2) is 6.66. The van der Waals surface area contributed by atoms with Crippen LogP contribution in [0, 0.1) is 6.92 Å². The number of pyridine rings is 1. The molecule has 0 aliphatic carbocycles. The number of hydrogen-bond acceptors (Lipinski definition) is 5. The van der Waals surface area contributed by atoms with Gasteiger partial charge in [-0.1, -0.05) is 18.2 Å². The molecule has 3 aromatic rings. The molecule has 1 aliphatic heterocycles. The number of fused-ring (bicyclic) bond motifs is 1. The number of aromatic nitrogens is 1. The van der Waals surface area contributed by atoms with Crippen LogP contribution in [-0.2, 0) is 14.9 Å². The van der Waals surface area contributed by atoms with E-state index in [-0.39, 0.29) is 16.6 Å². The smallest absolute Gasteiger partial charge is 0.339 e. The molecule has 27 heavy (non-hydrogen) atoms. The topological polar surface area (TPSA) is 76.6 Å². The molecule has 4 rings (SSSR count). The third-order valence-corrected chi connectivity index (χ3v) is 5.78. The van der Waals surface area contributed by atoms with Crippen molar-refractivity contribution in [3.05, 3.63) is 60.3 Å². The van der Waals surface area contributed by atoms with Crippen LogP contribution in [0.4, 0.5) is 5.69 Å². The highest BCUT2D eigenvalue weighted by molar-refractivity contribution is 7.87. The monoisotopic (exact) mass is 382 g/mol. The van der Waals surface area contributed by atoms with E-state index in [1.807, 2.05) is 25.1 Å². The normalized spacial score (nSPS) is 14.7. The van der Waals surface area contributed by atoms with E-state index in [0.29, 0.717) is 24.2 Å². The lowest BCUT2D eigenvalue weighted by Crippen LogP contribution is -2.23. The molecule has 0 N–H and O–H groups in total. The highest BCUT2D eigenvalue weighted by atomic mass is 32.2. The zero-order valence-electron chi connectivity index (χ0n) is 14.8. The van der Waals surface area contributed by atoms with Crippen molar-refractivity contribution in [2.45, 2.75) is 24.7 Å². The number of para-hydroxylation sites is 1. The van der Waals surface area contributed by atoms with Crippen molar-refractivity contribution in [2.75, 3.05) is 11.4 Å². The highest BCUT2D eigenvalue weighted by Crippen LogP contribution is 2.28. The first-order valence-corrected chi connectivity index (χ1v) is 10.1. The number of carbonyl (C=O) groups is 1. The number of hydrogen-bond donors (Lipinski definition) is 0. The van der Waals surface area contributed by atoms with Crippen LogP contribution in [0.15, 0.2) is 59.5 Å². The van der Waals surface area contributed by atoms with Crippen LogP contribution in [0.2, 0.25) is 0 Å². The summed E-state index contributed by atoms with van der Waals surface area (Å²) in [5, 5.41) is 0.802. The number of aryl methyl sites for hydroxylation is 1. The van der Waals surface area contributed by atoms with Gasteiger partial charge in [0, 0.05) is 29.7 Å². The van der Waals surface area contributed by atoms with Gasteiger partial charge < -0.3 is 9.08 Å². The summed E-state index contributed by atoms with van der Waals surface area (Å²) in [5.74, 6) is 0.244. The average molecular weight is 382 g/mol. The molecule has 0 saturated carbocycles. The second-order valence-electron chi connectivity index (χ2n) is 6.46. The lowest BCUT2D eigenvalue weighted by molar-refractivity contribution is -0.117. The van der Waals surface area contributed by atoms with Crippen molar-refractivity contribution in [3.8, 4) is 5.75 Å². The largest absolute Gasteiger partial charge is 0.377 e. The number of anilines is 1. The van der Waals surface area contributed by atoms with Crippen LogP contribution in [0.25, 0.3) is 10.9 Å². The predicted octanol–water partition coefficient (Wildman–Crippen LogP) is 3.44. The van der Waals surface area contributed by atoms with Gasteiger partial charge >= 0.3 is 10.1 Å². The van der Waals surface area contributed by atoms with Gasteiger partial charge in [-0.25, -0.2) is 4.98 Å². The Hall–Kier alpha value is -2.93. The van der Waals surface area contributed by atoms with Crippen LogP contribution >= 0.6 is 0 Å². The minimum Gasteiger partial charge on any atom is -0.377 e. The number of nitrogens with zero attached hydrogens (tertiary/aromatic N) is 2. The van der Waals surface area contributed by atoms with Gasteiger partial charge in [-0.05, 0) is 49.7 Å². The highest BCUT2D eigenvalue weighted by Gasteiger charge is 2.23. The van der Waals surface area contributed by atoms with Crippen molar-refractivity contribution < 1.29 is 17.4 Å². The van der Waals surface area contributed by atoms with Crippen molar-refractivity contribution in [1.82, 2.24) is 4.98 Å². The minimum absolute atomic E-state index is 0.0301. The molecule has 2 aromatic carbocycles. The zero-order chi connectivity index (χ0) is 19.0. The van der Waals surface area contributed by atoms with Crippen molar-refractivity contribution >= 4 is 32.6 Å². The van der Waals surface area contributed by atoms with E-state index in [1.165, 1.54) is 12.1 Å². The van der Waals surface area contributed by atoms with Gasteiger partial charge in [0.2, 0.25) is 5.91 Å². The summed E-state index contributed by atoms with van der Waals surface area (Å²) in [6, 6.07) is 15.1. The lowest BCUT2D eigenvalue weighted by Gasteiger charge is -2.16. The summed E-state index contributed by atoms with van der Waals surface area (Å²) >= 11 is 0. The molecule has 1 amide bonds. The molecule has 7 heteroatoms.